The first kappa shape index (κ1) is 11.8. The Labute approximate surface area is 92.2 Å². The van der Waals surface area contributed by atoms with E-state index in [1.165, 1.54) is 6.07 Å². The van der Waals surface area contributed by atoms with Crippen molar-refractivity contribution in [3.8, 4) is 0 Å². The third-order valence-corrected chi connectivity index (χ3v) is 2.67. The molecule has 1 rings (SSSR count). The monoisotopic (exact) mass is 287 g/mol. The van der Waals surface area contributed by atoms with Crippen LogP contribution in [-0.2, 0) is 12.7 Å². The molecule has 0 aliphatic heterocycles. The van der Waals surface area contributed by atoms with Gasteiger partial charge in [0.25, 0.3) is 0 Å². The zero-order chi connectivity index (χ0) is 10.9. The van der Waals surface area contributed by atoms with Crippen molar-refractivity contribution >= 4 is 27.5 Å². The maximum absolute atomic E-state index is 12.4. The predicted molar refractivity (Wildman–Crippen MR) is 52.0 cm³/mol. The van der Waals surface area contributed by atoms with E-state index in [2.05, 4.69) is 15.9 Å². The van der Waals surface area contributed by atoms with Gasteiger partial charge in [0.1, 0.15) is 0 Å². The Kier molecular flexibility index (Phi) is 3.44. The molecule has 0 aliphatic rings. The molecule has 0 spiro atoms. The molecule has 1 aromatic carbocycles. The van der Waals surface area contributed by atoms with Crippen LogP contribution in [0.15, 0.2) is 16.6 Å². The second-order valence-corrected chi connectivity index (χ2v) is 3.89. The summed E-state index contributed by atoms with van der Waals surface area (Å²) in [6, 6.07) is 2.15. The fraction of sp³-hybridized carbons (Fsp3) is 0.250. The maximum Gasteiger partial charge on any atom is 0.417 e. The second kappa shape index (κ2) is 4.08. The summed E-state index contributed by atoms with van der Waals surface area (Å²) in [6.45, 7) is -0.0187. The molecule has 0 bridgehead atoms. The van der Waals surface area contributed by atoms with Crippen LogP contribution in [0.2, 0.25) is 5.02 Å². The fourth-order valence-electron chi connectivity index (χ4n) is 0.967. The Hall–Kier alpha value is -0.260. The highest BCUT2D eigenvalue weighted by Gasteiger charge is 2.33. The number of rotatable bonds is 1. The van der Waals surface area contributed by atoms with E-state index in [0.717, 1.165) is 6.07 Å². The van der Waals surface area contributed by atoms with Gasteiger partial charge in [0.2, 0.25) is 0 Å². The van der Waals surface area contributed by atoms with Gasteiger partial charge in [0, 0.05) is 16.0 Å². The number of halogens is 5. The summed E-state index contributed by atoms with van der Waals surface area (Å²) in [5.41, 5.74) is 4.76. The molecule has 0 atom stereocenters. The summed E-state index contributed by atoms with van der Waals surface area (Å²) in [4.78, 5) is 0. The molecule has 0 amide bonds. The molecule has 0 saturated heterocycles. The Bertz CT molecular complexity index is 351. The van der Waals surface area contributed by atoms with E-state index in [1.807, 2.05) is 0 Å². The van der Waals surface area contributed by atoms with Crippen LogP contribution in [0.4, 0.5) is 13.2 Å². The van der Waals surface area contributed by atoms with Crippen LogP contribution in [0.5, 0.6) is 0 Å². The fourth-order valence-corrected chi connectivity index (χ4v) is 1.91. The van der Waals surface area contributed by atoms with Crippen LogP contribution in [0.25, 0.3) is 0 Å². The Balaban J connectivity index is 3.32. The first-order chi connectivity index (χ1) is 6.36. The van der Waals surface area contributed by atoms with Crippen molar-refractivity contribution in [3.05, 3.63) is 32.8 Å². The van der Waals surface area contributed by atoms with Gasteiger partial charge in [-0.2, -0.15) is 13.2 Å². The first-order valence-corrected chi connectivity index (χ1v) is 4.78. The second-order valence-electron chi connectivity index (χ2n) is 2.63. The van der Waals surface area contributed by atoms with Crippen LogP contribution >= 0.6 is 27.5 Å². The third-order valence-electron chi connectivity index (χ3n) is 1.66. The van der Waals surface area contributed by atoms with E-state index in [0.29, 0.717) is 0 Å². The van der Waals surface area contributed by atoms with Crippen molar-refractivity contribution in [3.63, 3.8) is 0 Å². The van der Waals surface area contributed by atoms with Crippen molar-refractivity contribution in [1.82, 2.24) is 0 Å². The molecule has 0 radical (unpaired) electrons. The first-order valence-electron chi connectivity index (χ1n) is 3.61. The number of alkyl halides is 3. The van der Waals surface area contributed by atoms with E-state index in [4.69, 9.17) is 17.3 Å². The van der Waals surface area contributed by atoms with E-state index < -0.39 is 11.7 Å². The van der Waals surface area contributed by atoms with Gasteiger partial charge in [-0.15, -0.1) is 0 Å². The Morgan fingerprint density at radius 3 is 2.36 bits per heavy atom. The highest BCUT2D eigenvalue weighted by Crippen LogP contribution is 2.37. The van der Waals surface area contributed by atoms with Crippen molar-refractivity contribution in [2.45, 2.75) is 12.7 Å². The summed E-state index contributed by atoms with van der Waals surface area (Å²) >= 11 is 8.48. The quantitative estimate of drug-likeness (QED) is 0.840. The summed E-state index contributed by atoms with van der Waals surface area (Å²) in [6.07, 6.45) is -4.40. The average molecular weight is 288 g/mol. The molecule has 2 N–H and O–H groups in total. The molecule has 78 valence electrons. The summed E-state index contributed by atoms with van der Waals surface area (Å²) in [7, 11) is 0. The zero-order valence-electron chi connectivity index (χ0n) is 6.83. The Morgan fingerprint density at radius 1 is 1.36 bits per heavy atom. The molecule has 1 nitrogen and oxygen atoms in total. The molecule has 0 saturated carbocycles. The van der Waals surface area contributed by atoms with Crippen molar-refractivity contribution < 1.29 is 13.2 Å². The molecule has 0 fully saturated rings. The lowest BCUT2D eigenvalue weighted by Crippen LogP contribution is -2.08. The standard InChI is InChI=1S/C8H6BrClF3N/c9-6-2-7(10)4(3-14)1-5(6)8(11,12)13/h1-2H,3,14H2. The number of benzene rings is 1. The van der Waals surface area contributed by atoms with Crippen molar-refractivity contribution in [2.24, 2.45) is 5.73 Å². The summed E-state index contributed by atoms with van der Waals surface area (Å²) in [5.74, 6) is 0. The summed E-state index contributed by atoms with van der Waals surface area (Å²) in [5, 5.41) is 0.229. The largest absolute Gasteiger partial charge is 0.417 e. The molecule has 0 aliphatic carbocycles. The van der Waals surface area contributed by atoms with Gasteiger partial charge in [-0.1, -0.05) is 27.5 Å². The minimum Gasteiger partial charge on any atom is -0.326 e. The van der Waals surface area contributed by atoms with Crippen LogP contribution in [0.1, 0.15) is 11.1 Å². The minimum absolute atomic E-state index is 0.0187. The highest BCUT2D eigenvalue weighted by molar-refractivity contribution is 9.10. The molecular weight excluding hydrogens is 282 g/mol. The van der Waals surface area contributed by atoms with Gasteiger partial charge in [-0.25, -0.2) is 0 Å². The van der Waals surface area contributed by atoms with Gasteiger partial charge in [0.05, 0.1) is 5.56 Å². The number of hydrogen-bond donors (Lipinski definition) is 1. The summed E-state index contributed by atoms with van der Waals surface area (Å²) < 4.78 is 37.1. The van der Waals surface area contributed by atoms with Crippen LogP contribution in [-0.4, -0.2) is 0 Å². The average Bonchev–Trinajstić information content (AvgIpc) is 2.02. The highest BCUT2D eigenvalue weighted by atomic mass is 79.9. The number of hydrogen-bond acceptors (Lipinski definition) is 1. The lowest BCUT2D eigenvalue weighted by Gasteiger charge is -2.11. The lowest BCUT2D eigenvalue weighted by atomic mass is 10.1. The van der Waals surface area contributed by atoms with E-state index in [-0.39, 0.29) is 21.6 Å². The van der Waals surface area contributed by atoms with E-state index >= 15 is 0 Å². The van der Waals surface area contributed by atoms with Crippen LogP contribution in [0, 0.1) is 0 Å². The van der Waals surface area contributed by atoms with E-state index in [9.17, 15) is 13.2 Å². The molecular formula is C8H6BrClF3N. The van der Waals surface area contributed by atoms with Crippen LogP contribution in [0.3, 0.4) is 0 Å². The van der Waals surface area contributed by atoms with Crippen molar-refractivity contribution in [1.29, 1.82) is 0 Å². The molecule has 0 unspecified atom stereocenters. The van der Waals surface area contributed by atoms with Gasteiger partial charge in [0.15, 0.2) is 0 Å². The van der Waals surface area contributed by atoms with Gasteiger partial charge < -0.3 is 5.73 Å². The van der Waals surface area contributed by atoms with Gasteiger partial charge in [-0.05, 0) is 17.7 Å². The molecule has 0 heterocycles. The molecule has 1 aromatic rings. The zero-order valence-corrected chi connectivity index (χ0v) is 9.17. The van der Waals surface area contributed by atoms with Gasteiger partial charge in [-0.3, -0.25) is 0 Å². The molecule has 6 heteroatoms. The predicted octanol–water partition coefficient (Wildman–Crippen LogP) is 3.58. The van der Waals surface area contributed by atoms with E-state index in [1.54, 1.807) is 0 Å². The van der Waals surface area contributed by atoms with Crippen molar-refractivity contribution in [2.75, 3.05) is 0 Å². The van der Waals surface area contributed by atoms with Crippen LogP contribution < -0.4 is 5.73 Å². The maximum atomic E-state index is 12.4. The molecule has 0 aromatic heterocycles. The normalized spacial score (nSPS) is 11.9. The number of nitrogens with two attached hydrogens (primary N) is 1. The third kappa shape index (κ3) is 2.40. The minimum atomic E-state index is -4.40. The van der Waals surface area contributed by atoms with Gasteiger partial charge >= 0.3 is 6.18 Å². The SMILES string of the molecule is NCc1cc(C(F)(F)F)c(Br)cc1Cl. The smallest absolute Gasteiger partial charge is 0.326 e. The molecule has 14 heavy (non-hydrogen) atoms. The lowest BCUT2D eigenvalue weighted by molar-refractivity contribution is -0.138. The topological polar surface area (TPSA) is 26.0 Å². The Morgan fingerprint density at radius 2 is 1.93 bits per heavy atom.